The van der Waals surface area contributed by atoms with Crippen LogP contribution in [-0.4, -0.2) is 34.5 Å². The summed E-state index contributed by atoms with van der Waals surface area (Å²) in [6, 6.07) is 5.86. The SMILES string of the molecule is CCC(COC)Nc1cc(Cl)ccc1-n1cncn1. The molecule has 0 aliphatic rings. The number of ether oxygens (including phenoxy) is 1. The predicted octanol–water partition coefficient (Wildman–Crippen LogP) is 2.76. The topological polar surface area (TPSA) is 52.0 Å². The first-order valence-corrected chi connectivity index (χ1v) is 6.52. The molecule has 1 unspecified atom stereocenters. The Labute approximate surface area is 117 Å². The van der Waals surface area contributed by atoms with Crippen LogP contribution in [0.2, 0.25) is 5.02 Å². The number of nitrogens with zero attached hydrogens (tertiary/aromatic N) is 3. The van der Waals surface area contributed by atoms with Crippen LogP contribution in [0.4, 0.5) is 5.69 Å². The van der Waals surface area contributed by atoms with E-state index in [4.69, 9.17) is 16.3 Å². The molecule has 0 saturated carbocycles. The lowest BCUT2D eigenvalue weighted by molar-refractivity contribution is 0.184. The fourth-order valence-corrected chi connectivity index (χ4v) is 2.01. The lowest BCUT2D eigenvalue weighted by atomic mass is 10.2. The average Bonchev–Trinajstić information content (AvgIpc) is 2.92. The molecule has 0 fully saturated rings. The summed E-state index contributed by atoms with van der Waals surface area (Å²) in [6.07, 6.45) is 4.12. The normalized spacial score (nSPS) is 12.4. The Morgan fingerprint density at radius 3 is 2.95 bits per heavy atom. The zero-order valence-corrected chi connectivity index (χ0v) is 11.8. The van der Waals surface area contributed by atoms with Crippen molar-refractivity contribution < 1.29 is 4.74 Å². The Balaban J connectivity index is 2.30. The number of anilines is 1. The largest absolute Gasteiger partial charge is 0.383 e. The van der Waals surface area contributed by atoms with Crippen molar-refractivity contribution in [3.8, 4) is 5.69 Å². The van der Waals surface area contributed by atoms with Gasteiger partial charge in [0.15, 0.2) is 0 Å². The Bertz CT molecular complexity index is 515. The minimum atomic E-state index is 0.228. The second kappa shape index (κ2) is 6.54. The van der Waals surface area contributed by atoms with Gasteiger partial charge < -0.3 is 10.1 Å². The van der Waals surface area contributed by atoms with E-state index in [0.717, 1.165) is 17.8 Å². The highest BCUT2D eigenvalue weighted by atomic mass is 35.5. The van der Waals surface area contributed by atoms with Crippen LogP contribution in [-0.2, 0) is 4.74 Å². The van der Waals surface area contributed by atoms with Crippen LogP contribution >= 0.6 is 11.6 Å². The van der Waals surface area contributed by atoms with Gasteiger partial charge in [-0.2, -0.15) is 5.10 Å². The van der Waals surface area contributed by atoms with Crippen molar-refractivity contribution in [1.82, 2.24) is 14.8 Å². The second-order valence-electron chi connectivity index (χ2n) is 4.21. The van der Waals surface area contributed by atoms with E-state index in [9.17, 15) is 0 Å². The summed E-state index contributed by atoms with van der Waals surface area (Å²) >= 11 is 6.07. The van der Waals surface area contributed by atoms with E-state index in [2.05, 4.69) is 22.3 Å². The lowest BCUT2D eigenvalue weighted by Crippen LogP contribution is -2.24. The number of halogens is 1. The fourth-order valence-electron chi connectivity index (χ4n) is 1.84. The highest BCUT2D eigenvalue weighted by Crippen LogP contribution is 2.25. The van der Waals surface area contributed by atoms with Crippen molar-refractivity contribution in [2.45, 2.75) is 19.4 Å². The van der Waals surface area contributed by atoms with E-state index in [1.807, 2.05) is 18.2 Å². The van der Waals surface area contributed by atoms with Gasteiger partial charge in [0.1, 0.15) is 12.7 Å². The smallest absolute Gasteiger partial charge is 0.138 e. The minimum absolute atomic E-state index is 0.228. The standard InChI is InChI=1S/C13H17ClN4O/c1-3-11(7-19-2)17-12-6-10(14)4-5-13(12)18-9-15-8-16-18/h4-6,8-9,11,17H,3,7H2,1-2H3. The van der Waals surface area contributed by atoms with Gasteiger partial charge in [-0.3, -0.25) is 0 Å². The molecule has 0 spiro atoms. The van der Waals surface area contributed by atoms with Crippen molar-refractivity contribution in [3.63, 3.8) is 0 Å². The lowest BCUT2D eigenvalue weighted by Gasteiger charge is -2.19. The molecule has 102 valence electrons. The van der Waals surface area contributed by atoms with E-state index >= 15 is 0 Å². The van der Waals surface area contributed by atoms with Crippen LogP contribution in [0.1, 0.15) is 13.3 Å². The molecular weight excluding hydrogens is 264 g/mol. The van der Waals surface area contributed by atoms with Crippen LogP contribution in [0, 0.1) is 0 Å². The van der Waals surface area contributed by atoms with Crippen LogP contribution in [0.3, 0.4) is 0 Å². The maximum Gasteiger partial charge on any atom is 0.138 e. The van der Waals surface area contributed by atoms with E-state index in [-0.39, 0.29) is 6.04 Å². The van der Waals surface area contributed by atoms with Gasteiger partial charge in [-0.05, 0) is 24.6 Å². The number of nitrogens with one attached hydrogen (secondary N) is 1. The van der Waals surface area contributed by atoms with Gasteiger partial charge in [-0.15, -0.1) is 0 Å². The molecule has 1 aromatic heterocycles. The number of hydrogen-bond donors (Lipinski definition) is 1. The molecule has 5 nitrogen and oxygen atoms in total. The van der Waals surface area contributed by atoms with Gasteiger partial charge in [-0.25, -0.2) is 9.67 Å². The third kappa shape index (κ3) is 3.45. The monoisotopic (exact) mass is 280 g/mol. The van der Waals surface area contributed by atoms with Crippen molar-refractivity contribution >= 4 is 17.3 Å². The van der Waals surface area contributed by atoms with Crippen molar-refractivity contribution in [2.75, 3.05) is 19.0 Å². The second-order valence-corrected chi connectivity index (χ2v) is 4.64. The Hall–Kier alpha value is -1.59. The zero-order valence-electron chi connectivity index (χ0n) is 11.0. The summed E-state index contributed by atoms with van der Waals surface area (Å²) in [6.45, 7) is 2.75. The van der Waals surface area contributed by atoms with Gasteiger partial charge in [0, 0.05) is 18.2 Å². The maximum atomic E-state index is 6.07. The molecule has 2 rings (SSSR count). The van der Waals surface area contributed by atoms with Crippen LogP contribution in [0.15, 0.2) is 30.9 Å². The van der Waals surface area contributed by atoms with E-state index < -0.39 is 0 Å². The summed E-state index contributed by atoms with van der Waals surface area (Å²) < 4.78 is 6.90. The van der Waals surface area contributed by atoms with Crippen LogP contribution < -0.4 is 5.32 Å². The van der Waals surface area contributed by atoms with Gasteiger partial charge >= 0.3 is 0 Å². The number of hydrogen-bond acceptors (Lipinski definition) is 4. The first kappa shape index (κ1) is 13.8. The van der Waals surface area contributed by atoms with Crippen LogP contribution in [0.5, 0.6) is 0 Å². The summed E-state index contributed by atoms with van der Waals surface area (Å²) in [5, 5.41) is 8.26. The molecule has 1 atom stereocenters. The fraction of sp³-hybridized carbons (Fsp3) is 0.385. The summed E-state index contributed by atoms with van der Waals surface area (Å²) in [7, 11) is 1.70. The Morgan fingerprint density at radius 2 is 2.32 bits per heavy atom. The molecule has 0 amide bonds. The maximum absolute atomic E-state index is 6.07. The molecule has 0 radical (unpaired) electrons. The number of methoxy groups -OCH3 is 1. The van der Waals surface area contributed by atoms with Crippen LogP contribution in [0.25, 0.3) is 5.69 Å². The van der Waals surface area contributed by atoms with Crippen molar-refractivity contribution in [1.29, 1.82) is 0 Å². The molecule has 1 aromatic carbocycles. The predicted molar refractivity (Wildman–Crippen MR) is 75.9 cm³/mol. The third-order valence-electron chi connectivity index (χ3n) is 2.84. The van der Waals surface area contributed by atoms with Gasteiger partial charge in [-0.1, -0.05) is 18.5 Å². The third-order valence-corrected chi connectivity index (χ3v) is 3.08. The molecule has 6 heteroatoms. The molecule has 0 aliphatic carbocycles. The summed E-state index contributed by atoms with van der Waals surface area (Å²) in [5.41, 5.74) is 1.83. The first-order chi connectivity index (χ1) is 9.24. The molecule has 0 aliphatic heterocycles. The first-order valence-electron chi connectivity index (χ1n) is 6.14. The molecule has 0 saturated heterocycles. The summed E-state index contributed by atoms with van der Waals surface area (Å²) in [4.78, 5) is 3.96. The zero-order chi connectivity index (χ0) is 13.7. The highest BCUT2D eigenvalue weighted by molar-refractivity contribution is 6.31. The quantitative estimate of drug-likeness (QED) is 0.884. The molecule has 2 aromatic rings. The average molecular weight is 281 g/mol. The summed E-state index contributed by atoms with van der Waals surface area (Å²) in [5.74, 6) is 0. The number of rotatable bonds is 6. The molecule has 19 heavy (non-hydrogen) atoms. The molecule has 1 N–H and O–H groups in total. The van der Waals surface area contributed by atoms with Gasteiger partial charge in [0.2, 0.25) is 0 Å². The Morgan fingerprint density at radius 1 is 1.47 bits per heavy atom. The highest BCUT2D eigenvalue weighted by Gasteiger charge is 2.11. The Kier molecular flexibility index (Phi) is 4.76. The molecule has 1 heterocycles. The van der Waals surface area contributed by atoms with Gasteiger partial charge in [0.05, 0.1) is 18.0 Å². The van der Waals surface area contributed by atoms with Crippen molar-refractivity contribution in [3.05, 3.63) is 35.9 Å². The van der Waals surface area contributed by atoms with E-state index in [0.29, 0.717) is 11.6 Å². The van der Waals surface area contributed by atoms with E-state index in [1.54, 1.807) is 18.1 Å². The molecular formula is C13H17ClN4O. The van der Waals surface area contributed by atoms with E-state index in [1.165, 1.54) is 6.33 Å². The molecule has 0 bridgehead atoms. The van der Waals surface area contributed by atoms with Crippen molar-refractivity contribution in [2.24, 2.45) is 0 Å². The number of benzene rings is 1. The number of aromatic nitrogens is 3. The minimum Gasteiger partial charge on any atom is -0.383 e. The van der Waals surface area contributed by atoms with Gasteiger partial charge in [0.25, 0.3) is 0 Å².